The van der Waals surface area contributed by atoms with Gasteiger partial charge in [0.05, 0.1) is 0 Å². The number of halogens is 1. The van der Waals surface area contributed by atoms with Crippen LogP contribution in [0, 0.1) is 5.82 Å². The zero-order chi connectivity index (χ0) is 11.1. The van der Waals surface area contributed by atoms with Crippen LogP contribution in [0.2, 0.25) is 0 Å². The Morgan fingerprint density at radius 2 is 1.93 bits per heavy atom. The lowest BCUT2D eigenvalue weighted by molar-refractivity contribution is 0.300. The molecular weight excluding hydrogens is 189 g/mol. The minimum Gasteiger partial charge on any atom is -0.304 e. The fraction of sp³-hybridized carbons (Fsp3) is 0.538. The molecule has 0 saturated carbocycles. The van der Waals surface area contributed by atoms with E-state index in [0.29, 0.717) is 0 Å². The van der Waals surface area contributed by atoms with Gasteiger partial charge in [0.25, 0.3) is 0 Å². The highest BCUT2D eigenvalue weighted by Gasteiger charge is 1.99. The molecule has 1 aromatic carbocycles. The van der Waals surface area contributed by atoms with Crippen LogP contribution in [-0.4, -0.2) is 24.5 Å². The Bertz CT molecular complexity index is 282. The van der Waals surface area contributed by atoms with Crippen molar-refractivity contribution >= 4 is 0 Å². The van der Waals surface area contributed by atoms with E-state index in [-0.39, 0.29) is 5.82 Å². The minimum atomic E-state index is -0.129. The van der Waals surface area contributed by atoms with Crippen molar-refractivity contribution in [3.8, 4) is 0 Å². The van der Waals surface area contributed by atoms with E-state index in [9.17, 15) is 4.39 Å². The molecule has 0 radical (unpaired) electrons. The van der Waals surface area contributed by atoms with Crippen LogP contribution in [0.5, 0.6) is 0 Å². The van der Waals surface area contributed by atoms with Crippen molar-refractivity contribution in [3.63, 3.8) is 0 Å². The summed E-state index contributed by atoms with van der Waals surface area (Å²) in [6, 6.07) is 6.89. The van der Waals surface area contributed by atoms with Crippen molar-refractivity contribution in [3.05, 3.63) is 35.6 Å². The number of hydrogen-bond acceptors (Lipinski definition) is 1. The highest BCUT2D eigenvalue weighted by Crippen LogP contribution is 2.06. The van der Waals surface area contributed by atoms with Gasteiger partial charge in [-0.2, -0.15) is 0 Å². The minimum absolute atomic E-state index is 0.129. The van der Waals surface area contributed by atoms with Gasteiger partial charge in [0, 0.05) is 0 Å². The van der Waals surface area contributed by atoms with Gasteiger partial charge in [-0.3, -0.25) is 0 Å². The van der Waals surface area contributed by atoms with Crippen LogP contribution < -0.4 is 0 Å². The van der Waals surface area contributed by atoms with E-state index in [1.807, 2.05) is 6.07 Å². The Morgan fingerprint density at radius 1 is 1.20 bits per heavy atom. The molecule has 0 N–H and O–H groups in total. The summed E-state index contributed by atoms with van der Waals surface area (Å²) in [5, 5.41) is 0. The van der Waals surface area contributed by atoms with Gasteiger partial charge in [-0.25, -0.2) is 4.39 Å². The number of hydrogen-bond donors (Lipinski definition) is 0. The van der Waals surface area contributed by atoms with Gasteiger partial charge < -0.3 is 4.90 Å². The molecule has 0 spiro atoms. The molecule has 2 heteroatoms. The molecule has 0 amide bonds. The summed E-state index contributed by atoms with van der Waals surface area (Å²) in [4.78, 5) is 2.39. The van der Waals surface area contributed by atoms with Gasteiger partial charge in [0.1, 0.15) is 5.82 Å². The molecule has 0 aromatic heterocycles. The fourth-order valence-electron chi connectivity index (χ4n) is 1.74. The number of aryl methyl sites for hydroxylation is 1. The predicted octanol–water partition coefficient (Wildman–Crippen LogP) is 3.10. The first-order valence-electron chi connectivity index (χ1n) is 5.73. The smallest absolute Gasteiger partial charge is 0.123 e. The number of rotatable bonds is 6. The standard InChI is InChI=1S/C13H20FN/c1-3-15(4-2)10-6-8-12-7-5-9-13(14)11-12/h5,7,9,11H,3-4,6,8,10H2,1-2H3. The molecule has 0 atom stereocenters. The quantitative estimate of drug-likeness (QED) is 0.696. The molecule has 1 rings (SSSR count). The highest BCUT2D eigenvalue weighted by atomic mass is 19.1. The van der Waals surface area contributed by atoms with Gasteiger partial charge in [-0.15, -0.1) is 0 Å². The summed E-state index contributed by atoms with van der Waals surface area (Å²) >= 11 is 0. The van der Waals surface area contributed by atoms with E-state index in [1.54, 1.807) is 12.1 Å². The van der Waals surface area contributed by atoms with E-state index in [2.05, 4.69) is 18.7 Å². The molecule has 15 heavy (non-hydrogen) atoms. The molecule has 0 unspecified atom stereocenters. The molecule has 1 nitrogen and oxygen atoms in total. The van der Waals surface area contributed by atoms with Crippen LogP contribution in [0.3, 0.4) is 0 Å². The molecule has 0 bridgehead atoms. The highest BCUT2D eigenvalue weighted by molar-refractivity contribution is 5.16. The zero-order valence-corrected chi connectivity index (χ0v) is 9.67. The molecule has 0 fully saturated rings. The first-order chi connectivity index (χ1) is 7.26. The third-order valence-corrected chi connectivity index (χ3v) is 2.72. The van der Waals surface area contributed by atoms with Gasteiger partial charge in [0.15, 0.2) is 0 Å². The average molecular weight is 209 g/mol. The maximum atomic E-state index is 12.9. The van der Waals surface area contributed by atoms with Crippen LogP contribution in [0.25, 0.3) is 0 Å². The lowest BCUT2D eigenvalue weighted by Crippen LogP contribution is -2.24. The van der Waals surface area contributed by atoms with Gasteiger partial charge in [0.2, 0.25) is 0 Å². The lowest BCUT2D eigenvalue weighted by atomic mass is 10.1. The van der Waals surface area contributed by atoms with Crippen molar-refractivity contribution in [2.45, 2.75) is 26.7 Å². The zero-order valence-electron chi connectivity index (χ0n) is 9.67. The van der Waals surface area contributed by atoms with Crippen LogP contribution in [0.4, 0.5) is 4.39 Å². The monoisotopic (exact) mass is 209 g/mol. The second-order valence-electron chi connectivity index (χ2n) is 3.76. The van der Waals surface area contributed by atoms with E-state index in [4.69, 9.17) is 0 Å². The number of nitrogens with zero attached hydrogens (tertiary/aromatic N) is 1. The second-order valence-corrected chi connectivity index (χ2v) is 3.76. The van der Waals surface area contributed by atoms with Gasteiger partial charge in [-0.05, 0) is 50.2 Å². The summed E-state index contributed by atoms with van der Waals surface area (Å²) in [5.74, 6) is -0.129. The summed E-state index contributed by atoms with van der Waals surface area (Å²) in [5.41, 5.74) is 1.10. The van der Waals surface area contributed by atoms with Crippen LogP contribution >= 0.6 is 0 Å². The molecule has 84 valence electrons. The Kier molecular flexibility index (Phi) is 5.33. The van der Waals surface area contributed by atoms with E-state index >= 15 is 0 Å². The van der Waals surface area contributed by atoms with Crippen molar-refractivity contribution in [1.29, 1.82) is 0 Å². The molecule has 0 aliphatic rings. The maximum absolute atomic E-state index is 12.9. The van der Waals surface area contributed by atoms with E-state index < -0.39 is 0 Å². The molecular formula is C13H20FN. The second kappa shape index (κ2) is 6.57. The van der Waals surface area contributed by atoms with Crippen molar-refractivity contribution in [2.75, 3.05) is 19.6 Å². The third kappa shape index (κ3) is 4.43. The largest absolute Gasteiger partial charge is 0.304 e. The SMILES string of the molecule is CCN(CC)CCCc1cccc(F)c1. The van der Waals surface area contributed by atoms with Crippen molar-refractivity contribution in [1.82, 2.24) is 4.90 Å². The Morgan fingerprint density at radius 3 is 2.53 bits per heavy atom. The van der Waals surface area contributed by atoms with E-state index in [0.717, 1.165) is 38.0 Å². The van der Waals surface area contributed by atoms with Crippen LogP contribution in [0.1, 0.15) is 25.8 Å². The van der Waals surface area contributed by atoms with Crippen molar-refractivity contribution < 1.29 is 4.39 Å². The Hall–Kier alpha value is -0.890. The topological polar surface area (TPSA) is 3.24 Å². The molecule has 1 aromatic rings. The summed E-state index contributed by atoms with van der Waals surface area (Å²) < 4.78 is 12.9. The lowest BCUT2D eigenvalue weighted by Gasteiger charge is -2.17. The summed E-state index contributed by atoms with van der Waals surface area (Å²) in [6.45, 7) is 7.64. The molecule has 0 aliphatic heterocycles. The van der Waals surface area contributed by atoms with Gasteiger partial charge >= 0.3 is 0 Å². The predicted molar refractivity (Wildman–Crippen MR) is 62.5 cm³/mol. The fourth-order valence-corrected chi connectivity index (χ4v) is 1.74. The number of benzene rings is 1. The Balaban J connectivity index is 2.31. The molecule has 0 heterocycles. The molecule has 0 aliphatic carbocycles. The normalized spacial score (nSPS) is 10.9. The molecule has 0 saturated heterocycles. The first kappa shape index (κ1) is 12.2. The Labute approximate surface area is 91.9 Å². The summed E-state index contributed by atoms with van der Waals surface area (Å²) in [6.07, 6.45) is 2.07. The van der Waals surface area contributed by atoms with E-state index in [1.165, 1.54) is 6.07 Å². The first-order valence-corrected chi connectivity index (χ1v) is 5.73. The van der Waals surface area contributed by atoms with Crippen molar-refractivity contribution in [2.24, 2.45) is 0 Å². The van der Waals surface area contributed by atoms with Crippen LogP contribution in [0.15, 0.2) is 24.3 Å². The third-order valence-electron chi connectivity index (χ3n) is 2.72. The van der Waals surface area contributed by atoms with Gasteiger partial charge in [-0.1, -0.05) is 26.0 Å². The summed E-state index contributed by atoms with van der Waals surface area (Å²) in [7, 11) is 0. The average Bonchev–Trinajstić information content (AvgIpc) is 2.25. The van der Waals surface area contributed by atoms with Crippen LogP contribution in [-0.2, 0) is 6.42 Å². The maximum Gasteiger partial charge on any atom is 0.123 e.